The molecule has 0 aromatic heterocycles. The average Bonchev–Trinajstić information content (AvgIpc) is 2.56. The van der Waals surface area contributed by atoms with Gasteiger partial charge in [-0.15, -0.1) is 0 Å². The fourth-order valence-electron chi connectivity index (χ4n) is 1.91. The summed E-state index contributed by atoms with van der Waals surface area (Å²) < 4.78 is 52.6. The van der Waals surface area contributed by atoms with Crippen LogP contribution in [0, 0.1) is 0 Å². The third-order valence-electron chi connectivity index (χ3n) is 3.21. The molecule has 0 aromatic rings. The van der Waals surface area contributed by atoms with Gasteiger partial charge in [0.25, 0.3) is 10.1 Å². The van der Waals surface area contributed by atoms with Crippen molar-refractivity contribution in [2.75, 3.05) is 82.7 Å². The van der Waals surface area contributed by atoms with Crippen molar-refractivity contribution >= 4 is 32.7 Å². The molecule has 0 bridgehead atoms. The molecule has 10 heteroatoms. The highest BCUT2D eigenvalue weighted by atomic mass is 127. The number of nitrogens with zero attached hydrogens (tertiary/aromatic N) is 1. The van der Waals surface area contributed by atoms with E-state index in [2.05, 4.69) is 27.5 Å². The molecule has 0 aromatic carbocycles. The van der Waals surface area contributed by atoms with Gasteiger partial charge in [-0.05, 0) is 19.5 Å². The molecule has 0 amide bonds. The van der Waals surface area contributed by atoms with Crippen molar-refractivity contribution in [3.63, 3.8) is 0 Å². The van der Waals surface area contributed by atoms with Crippen molar-refractivity contribution in [1.82, 2.24) is 4.90 Å². The van der Waals surface area contributed by atoms with Gasteiger partial charge in [-0.3, -0.25) is 4.55 Å². The molecule has 0 aliphatic rings. The Balaban J connectivity index is 3.33. The Bertz CT molecular complexity index is 384. The van der Waals surface area contributed by atoms with E-state index < -0.39 is 10.1 Å². The van der Waals surface area contributed by atoms with Crippen molar-refractivity contribution in [3.05, 3.63) is 0 Å². The lowest BCUT2D eigenvalue weighted by Gasteiger charge is -2.19. The Morgan fingerprint density at radius 2 is 1.32 bits per heavy atom. The summed E-state index contributed by atoms with van der Waals surface area (Å²) in [7, 11) is -3.87. The fraction of sp³-hybridized carbons (Fsp3) is 1.00. The SMILES string of the molecule is CCN(CCCS(=O)(=O)O)CCOCCOCCOCCOCCI. The van der Waals surface area contributed by atoms with E-state index in [1.807, 2.05) is 6.92 Å². The largest absolute Gasteiger partial charge is 0.378 e. The Hall–Kier alpha value is 0.440. The minimum Gasteiger partial charge on any atom is -0.378 e. The van der Waals surface area contributed by atoms with E-state index >= 15 is 0 Å². The van der Waals surface area contributed by atoms with Crippen LogP contribution in [0.1, 0.15) is 13.3 Å². The van der Waals surface area contributed by atoms with Gasteiger partial charge in [-0.25, -0.2) is 0 Å². The molecule has 0 atom stereocenters. The standard InChI is InChI=1S/C15H32INO7S/c1-2-17(5-3-15-25(18,19)20)6-8-22-10-12-24-14-13-23-11-9-21-7-4-16/h2-15H2,1H3,(H,18,19,20). The summed E-state index contributed by atoms with van der Waals surface area (Å²) >= 11 is 2.26. The van der Waals surface area contributed by atoms with E-state index in [1.165, 1.54) is 0 Å². The molecule has 0 aliphatic heterocycles. The molecule has 0 rings (SSSR count). The van der Waals surface area contributed by atoms with Crippen molar-refractivity contribution in [3.8, 4) is 0 Å². The zero-order valence-electron chi connectivity index (χ0n) is 15.0. The lowest BCUT2D eigenvalue weighted by molar-refractivity contribution is -0.00220. The van der Waals surface area contributed by atoms with E-state index in [9.17, 15) is 8.42 Å². The van der Waals surface area contributed by atoms with E-state index in [-0.39, 0.29) is 5.75 Å². The van der Waals surface area contributed by atoms with E-state index in [4.69, 9.17) is 23.5 Å². The van der Waals surface area contributed by atoms with Gasteiger partial charge in [0, 0.05) is 11.0 Å². The minimum absolute atomic E-state index is 0.204. The average molecular weight is 497 g/mol. The van der Waals surface area contributed by atoms with Crippen LogP contribution >= 0.6 is 22.6 Å². The van der Waals surface area contributed by atoms with Gasteiger partial charge < -0.3 is 23.8 Å². The van der Waals surface area contributed by atoms with Crippen LogP contribution in [0.15, 0.2) is 0 Å². The van der Waals surface area contributed by atoms with Gasteiger partial charge in [0.2, 0.25) is 0 Å². The molecular formula is C15H32INO7S. The molecule has 0 spiro atoms. The Morgan fingerprint density at radius 1 is 0.840 bits per heavy atom. The van der Waals surface area contributed by atoms with Crippen LogP contribution in [0.5, 0.6) is 0 Å². The molecule has 25 heavy (non-hydrogen) atoms. The number of rotatable bonds is 19. The highest BCUT2D eigenvalue weighted by Gasteiger charge is 2.07. The predicted octanol–water partition coefficient (Wildman–Crippen LogP) is 1.09. The molecule has 1 N–H and O–H groups in total. The van der Waals surface area contributed by atoms with Crippen LogP contribution in [0.4, 0.5) is 0 Å². The molecule has 0 radical (unpaired) electrons. The molecule has 0 heterocycles. The van der Waals surface area contributed by atoms with E-state index in [1.54, 1.807) is 0 Å². The van der Waals surface area contributed by atoms with Crippen LogP contribution in [0.25, 0.3) is 0 Å². The minimum atomic E-state index is -3.87. The van der Waals surface area contributed by atoms with Crippen molar-refractivity contribution in [2.45, 2.75) is 13.3 Å². The molecule has 0 saturated carbocycles. The zero-order valence-corrected chi connectivity index (χ0v) is 18.0. The number of hydrogen-bond acceptors (Lipinski definition) is 7. The van der Waals surface area contributed by atoms with Crippen LogP contribution in [0.2, 0.25) is 0 Å². The first kappa shape index (κ1) is 25.4. The van der Waals surface area contributed by atoms with Crippen LogP contribution in [0.3, 0.4) is 0 Å². The third kappa shape index (κ3) is 20.6. The first-order chi connectivity index (χ1) is 12.0. The molecule has 0 aliphatic carbocycles. The molecule has 152 valence electrons. The smallest absolute Gasteiger partial charge is 0.264 e. The molecule has 8 nitrogen and oxygen atoms in total. The summed E-state index contributed by atoms with van der Waals surface area (Å²) in [5.41, 5.74) is 0. The normalized spacial score (nSPS) is 12.2. The van der Waals surface area contributed by atoms with Gasteiger partial charge >= 0.3 is 0 Å². The Morgan fingerprint density at radius 3 is 1.76 bits per heavy atom. The highest BCUT2D eigenvalue weighted by Crippen LogP contribution is 1.95. The Labute approximate surface area is 165 Å². The maximum Gasteiger partial charge on any atom is 0.264 e. The first-order valence-electron chi connectivity index (χ1n) is 8.54. The summed E-state index contributed by atoms with van der Waals surface area (Å²) in [5, 5.41) is 0. The maximum absolute atomic E-state index is 10.7. The highest BCUT2D eigenvalue weighted by molar-refractivity contribution is 14.1. The number of ether oxygens (including phenoxy) is 4. The topological polar surface area (TPSA) is 94.5 Å². The van der Waals surface area contributed by atoms with Gasteiger partial charge in [0.1, 0.15) is 0 Å². The summed E-state index contributed by atoms with van der Waals surface area (Å²) in [4.78, 5) is 2.08. The van der Waals surface area contributed by atoms with Crippen LogP contribution in [-0.4, -0.2) is 101 Å². The monoisotopic (exact) mass is 497 g/mol. The number of hydrogen-bond donors (Lipinski definition) is 1. The molecule has 0 saturated heterocycles. The lowest BCUT2D eigenvalue weighted by atomic mass is 10.4. The van der Waals surface area contributed by atoms with Crippen LogP contribution in [-0.2, 0) is 29.1 Å². The second kappa shape index (κ2) is 17.8. The maximum atomic E-state index is 10.7. The molecule has 0 fully saturated rings. The number of likely N-dealkylation sites (N-methyl/N-ethyl adjacent to an activating group) is 1. The Kier molecular flexibility index (Phi) is 18.1. The lowest BCUT2D eigenvalue weighted by Crippen LogP contribution is -2.30. The van der Waals surface area contributed by atoms with E-state index in [0.717, 1.165) is 24.1 Å². The molecule has 0 unspecified atom stereocenters. The fourth-order valence-corrected chi connectivity index (χ4v) is 2.71. The number of halogens is 1. The summed E-state index contributed by atoms with van der Waals surface area (Å²) in [5.74, 6) is -0.204. The van der Waals surface area contributed by atoms with Crippen molar-refractivity contribution in [1.29, 1.82) is 0 Å². The zero-order chi connectivity index (χ0) is 18.8. The predicted molar refractivity (Wildman–Crippen MR) is 105 cm³/mol. The summed E-state index contributed by atoms with van der Waals surface area (Å²) in [6.45, 7) is 8.79. The van der Waals surface area contributed by atoms with Gasteiger partial charge in [0.05, 0.1) is 58.6 Å². The molecular weight excluding hydrogens is 465 g/mol. The third-order valence-corrected chi connectivity index (χ3v) is 4.46. The van der Waals surface area contributed by atoms with Gasteiger partial charge in [-0.2, -0.15) is 8.42 Å². The van der Waals surface area contributed by atoms with Gasteiger partial charge in [0.15, 0.2) is 0 Å². The van der Waals surface area contributed by atoms with Crippen molar-refractivity contribution in [2.24, 2.45) is 0 Å². The first-order valence-corrected chi connectivity index (χ1v) is 11.7. The second-order valence-electron chi connectivity index (χ2n) is 5.21. The second-order valence-corrected chi connectivity index (χ2v) is 7.86. The van der Waals surface area contributed by atoms with Crippen LogP contribution < -0.4 is 0 Å². The summed E-state index contributed by atoms with van der Waals surface area (Å²) in [6.07, 6.45) is 0.416. The quantitative estimate of drug-likeness (QED) is 0.123. The summed E-state index contributed by atoms with van der Waals surface area (Å²) in [6, 6.07) is 0. The van der Waals surface area contributed by atoms with E-state index in [0.29, 0.717) is 59.2 Å². The number of alkyl halides is 1. The van der Waals surface area contributed by atoms with Crippen molar-refractivity contribution < 1.29 is 31.9 Å². The van der Waals surface area contributed by atoms with Gasteiger partial charge in [-0.1, -0.05) is 29.5 Å².